The van der Waals surface area contributed by atoms with E-state index >= 15 is 0 Å². The number of nitrogens with two attached hydrogens (primary N) is 2. The number of amides is 1. The molecule has 2 aromatic rings. The molecule has 1 amide bonds. The summed E-state index contributed by atoms with van der Waals surface area (Å²) >= 11 is 0. The molecule has 0 radical (unpaired) electrons. The minimum atomic E-state index is -4.16. The van der Waals surface area contributed by atoms with E-state index < -0.39 is 24.6 Å². The first-order chi connectivity index (χ1) is 16.1. The molecule has 1 aromatic carbocycles. The maximum atomic E-state index is 12.8. The van der Waals surface area contributed by atoms with Gasteiger partial charge >= 0.3 is 12.3 Å². The maximum absolute atomic E-state index is 12.8. The van der Waals surface area contributed by atoms with Crippen LogP contribution in [0.25, 0.3) is 11.3 Å². The Kier molecular flexibility index (Phi) is 7.70. The van der Waals surface area contributed by atoms with Gasteiger partial charge < -0.3 is 21.1 Å². The molecule has 1 saturated heterocycles. The summed E-state index contributed by atoms with van der Waals surface area (Å²) in [4.78, 5) is 17.5. The Balaban J connectivity index is 1.82. The molecule has 0 bridgehead atoms. The summed E-state index contributed by atoms with van der Waals surface area (Å²) < 4.78 is 42.9. The zero-order chi connectivity index (χ0) is 24.9. The average molecular weight is 476 g/mol. The quantitative estimate of drug-likeness (QED) is 0.526. The molecule has 5 N–H and O–H groups in total. The number of hydrogen-bond acceptors (Lipinski definition) is 6. The molecule has 1 aliphatic heterocycles. The maximum Gasteiger partial charge on any atom is 0.412 e. The topological polar surface area (TPSA) is 106 Å². The van der Waals surface area contributed by atoms with E-state index in [4.69, 9.17) is 11.5 Å². The number of benzene rings is 1. The van der Waals surface area contributed by atoms with E-state index in [1.807, 2.05) is 30.0 Å². The predicted octanol–water partition coefficient (Wildman–Crippen LogP) is 4.65. The molecule has 10 heteroatoms. The van der Waals surface area contributed by atoms with Crippen LogP contribution in [-0.4, -0.2) is 37.5 Å². The van der Waals surface area contributed by atoms with Gasteiger partial charge in [-0.25, -0.2) is 9.78 Å². The molecule has 34 heavy (non-hydrogen) atoms. The van der Waals surface area contributed by atoms with Gasteiger partial charge in [0.1, 0.15) is 5.82 Å². The van der Waals surface area contributed by atoms with Gasteiger partial charge in [-0.15, -0.1) is 0 Å². The second-order valence-electron chi connectivity index (χ2n) is 8.19. The number of rotatable bonds is 6. The van der Waals surface area contributed by atoms with Gasteiger partial charge in [-0.1, -0.05) is 6.07 Å². The molecule has 182 valence electrons. The van der Waals surface area contributed by atoms with Crippen LogP contribution in [0.5, 0.6) is 0 Å². The lowest BCUT2D eigenvalue weighted by Gasteiger charge is -2.21. The highest BCUT2D eigenvalue weighted by Gasteiger charge is 2.35. The number of alkyl halides is 3. The van der Waals surface area contributed by atoms with Gasteiger partial charge in [0.15, 0.2) is 0 Å². The first-order valence-electron chi connectivity index (χ1n) is 10.7. The number of allylic oxidation sites excluding steroid dienone is 2. The lowest BCUT2D eigenvalue weighted by molar-refractivity contribution is -0.142. The normalized spacial score (nSPS) is 17.1. The molecule has 1 aliphatic rings. The van der Waals surface area contributed by atoms with Gasteiger partial charge in [0.05, 0.1) is 7.11 Å². The van der Waals surface area contributed by atoms with E-state index in [9.17, 15) is 18.0 Å². The number of aromatic nitrogens is 1. The molecule has 0 spiro atoms. The Morgan fingerprint density at radius 3 is 2.76 bits per heavy atom. The SMILES string of the molecule is COC(=O)Nc1cc(C(/C=C(\N)c2cc(N3CCC(CC(F)(F)F)C3)ccc2C)=C/N)ccn1. The standard InChI is InChI=1S/C24H28F3N5O2/c1-15-3-4-19(32-8-6-16(14-32)12-24(25,26)27)11-20(15)21(29)9-18(13-28)17-5-7-30-22(10-17)31-23(33)34-2/h3-5,7,9-11,13,16H,6,8,12,14,28-29H2,1-2H3,(H,30,31,33)/b18-13+,21-9-. The highest BCUT2D eigenvalue weighted by Crippen LogP contribution is 2.34. The van der Waals surface area contributed by atoms with Crippen LogP contribution in [0.4, 0.5) is 29.5 Å². The zero-order valence-corrected chi connectivity index (χ0v) is 19.0. The summed E-state index contributed by atoms with van der Waals surface area (Å²) in [6.45, 7) is 2.83. The highest BCUT2D eigenvalue weighted by molar-refractivity contribution is 5.87. The smallest absolute Gasteiger partial charge is 0.412 e. The van der Waals surface area contributed by atoms with Crippen molar-refractivity contribution >= 4 is 28.9 Å². The molecule has 0 saturated carbocycles. The van der Waals surface area contributed by atoms with Crippen molar-refractivity contribution in [2.45, 2.75) is 25.9 Å². The fourth-order valence-corrected chi connectivity index (χ4v) is 3.99. The third-order valence-electron chi connectivity index (χ3n) is 5.70. The number of nitrogens with one attached hydrogen (secondary N) is 1. The van der Waals surface area contributed by atoms with Gasteiger partial charge in [0, 0.05) is 48.9 Å². The number of hydrogen-bond donors (Lipinski definition) is 3. The molecule has 7 nitrogen and oxygen atoms in total. The van der Waals surface area contributed by atoms with Crippen LogP contribution in [0.1, 0.15) is 29.5 Å². The van der Waals surface area contributed by atoms with Gasteiger partial charge in [-0.3, -0.25) is 5.32 Å². The van der Waals surface area contributed by atoms with Crippen LogP contribution in [0, 0.1) is 12.8 Å². The van der Waals surface area contributed by atoms with E-state index in [2.05, 4.69) is 15.0 Å². The summed E-state index contributed by atoms with van der Waals surface area (Å²) in [6, 6.07) is 9.05. The molecule has 3 rings (SSSR count). The first-order valence-corrected chi connectivity index (χ1v) is 10.7. The molecule has 1 unspecified atom stereocenters. The van der Waals surface area contributed by atoms with Crippen LogP contribution in [0.15, 0.2) is 48.8 Å². The van der Waals surface area contributed by atoms with E-state index in [1.54, 1.807) is 18.2 Å². The van der Waals surface area contributed by atoms with Crippen molar-refractivity contribution in [2.24, 2.45) is 17.4 Å². The third-order valence-corrected chi connectivity index (χ3v) is 5.70. The van der Waals surface area contributed by atoms with Crippen molar-refractivity contribution in [3.63, 3.8) is 0 Å². The molecular weight excluding hydrogens is 447 g/mol. The second-order valence-corrected chi connectivity index (χ2v) is 8.19. The first kappa shape index (κ1) is 24.9. The lowest BCUT2D eigenvalue weighted by Crippen LogP contribution is -2.22. The number of pyridine rings is 1. The Morgan fingerprint density at radius 1 is 1.32 bits per heavy atom. The average Bonchev–Trinajstić information content (AvgIpc) is 3.24. The predicted molar refractivity (Wildman–Crippen MR) is 127 cm³/mol. The number of halogens is 3. The van der Waals surface area contributed by atoms with E-state index in [0.717, 1.165) is 16.8 Å². The Morgan fingerprint density at radius 2 is 2.09 bits per heavy atom. The van der Waals surface area contributed by atoms with Gasteiger partial charge in [-0.05, 0) is 66.3 Å². The number of anilines is 2. The number of nitrogens with zero attached hydrogens (tertiary/aromatic N) is 2. The van der Waals surface area contributed by atoms with E-state index in [1.165, 1.54) is 19.5 Å². The van der Waals surface area contributed by atoms with E-state index in [0.29, 0.717) is 36.3 Å². The largest absolute Gasteiger partial charge is 0.453 e. The lowest BCUT2D eigenvalue weighted by atomic mass is 10.0. The Labute approximate surface area is 196 Å². The van der Waals surface area contributed by atoms with Crippen LogP contribution >= 0.6 is 0 Å². The summed E-state index contributed by atoms with van der Waals surface area (Å²) in [5, 5.41) is 2.49. The number of ether oxygens (including phenoxy) is 1. The second kappa shape index (κ2) is 10.5. The molecule has 1 atom stereocenters. The summed E-state index contributed by atoms with van der Waals surface area (Å²) in [6.07, 6.45) is -0.456. The number of aryl methyl sites for hydroxylation is 1. The van der Waals surface area contributed by atoms with Crippen LogP contribution in [0.2, 0.25) is 0 Å². The van der Waals surface area contributed by atoms with Gasteiger partial charge in [0.25, 0.3) is 0 Å². The number of methoxy groups -OCH3 is 1. The molecule has 0 aliphatic carbocycles. The zero-order valence-electron chi connectivity index (χ0n) is 19.0. The van der Waals surface area contributed by atoms with E-state index in [-0.39, 0.29) is 5.82 Å². The van der Waals surface area contributed by atoms with Crippen molar-refractivity contribution in [3.05, 3.63) is 65.5 Å². The Bertz CT molecular complexity index is 1100. The van der Waals surface area contributed by atoms with Crippen molar-refractivity contribution in [1.29, 1.82) is 0 Å². The third kappa shape index (κ3) is 6.43. The minimum absolute atomic E-state index is 0.288. The molecule has 2 heterocycles. The molecule has 1 fully saturated rings. The summed E-state index contributed by atoms with van der Waals surface area (Å²) in [5.74, 6) is -0.125. The number of carbonyl (C=O) groups excluding carboxylic acids is 1. The van der Waals surface area contributed by atoms with Crippen LogP contribution in [0.3, 0.4) is 0 Å². The fourth-order valence-electron chi connectivity index (χ4n) is 3.99. The molecule has 1 aromatic heterocycles. The van der Waals surface area contributed by atoms with Crippen molar-refractivity contribution in [2.75, 3.05) is 30.4 Å². The van der Waals surface area contributed by atoms with Crippen LogP contribution < -0.4 is 21.7 Å². The minimum Gasteiger partial charge on any atom is -0.453 e. The summed E-state index contributed by atoms with van der Waals surface area (Å²) in [5.41, 5.74) is 16.5. The Hall–Kier alpha value is -3.69. The fraction of sp³-hybridized carbons (Fsp3) is 0.333. The van der Waals surface area contributed by atoms with Crippen LogP contribution in [-0.2, 0) is 4.74 Å². The monoisotopic (exact) mass is 475 g/mol. The number of carbonyl (C=O) groups is 1. The van der Waals surface area contributed by atoms with Gasteiger partial charge in [-0.2, -0.15) is 13.2 Å². The van der Waals surface area contributed by atoms with Crippen molar-refractivity contribution in [1.82, 2.24) is 4.98 Å². The van der Waals surface area contributed by atoms with Crippen molar-refractivity contribution < 1.29 is 22.7 Å². The summed E-state index contributed by atoms with van der Waals surface area (Å²) in [7, 11) is 1.25. The van der Waals surface area contributed by atoms with Crippen molar-refractivity contribution in [3.8, 4) is 0 Å². The molecular formula is C24H28F3N5O2. The van der Waals surface area contributed by atoms with Gasteiger partial charge in [0.2, 0.25) is 0 Å². The highest BCUT2D eigenvalue weighted by atomic mass is 19.4.